The highest BCUT2D eigenvalue weighted by Crippen LogP contribution is 2.23. The fourth-order valence-electron chi connectivity index (χ4n) is 2.52. The van der Waals surface area contributed by atoms with Crippen LogP contribution in [-0.4, -0.2) is 36.0 Å². The van der Waals surface area contributed by atoms with Gasteiger partial charge in [0.1, 0.15) is 11.6 Å². The van der Waals surface area contributed by atoms with E-state index < -0.39 is 4.92 Å². The molecule has 6 heteroatoms. The Hall–Kier alpha value is -2.13. The Labute approximate surface area is 118 Å². The zero-order valence-electron chi connectivity index (χ0n) is 11.5. The van der Waals surface area contributed by atoms with E-state index in [4.69, 9.17) is 5.26 Å². The molecule has 0 bridgehead atoms. The van der Waals surface area contributed by atoms with Crippen LogP contribution in [0.25, 0.3) is 0 Å². The summed E-state index contributed by atoms with van der Waals surface area (Å²) in [6.45, 7) is 1.86. The quantitative estimate of drug-likeness (QED) is 0.673. The van der Waals surface area contributed by atoms with Crippen LogP contribution in [0.15, 0.2) is 18.2 Å². The number of nitriles is 1. The van der Waals surface area contributed by atoms with E-state index >= 15 is 0 Å². The van der Waals surface area contributed by atoms with Crippen molar-refractivity contribution < 1.29 is 4.92 Å². The van der Waals surface area contributed by atoms with Crippen LogP contribution in [0.5, 0.6) is 0 Å². The predicted molar refractivity (Wildman–Crippen MR) is 76.6 cm³/mol. The van der Waals surface area contributed by atoms with Crippen LogP contribution >= 0.6 is 0 Å². The van der Waals surface area contributed by atoms with E-state index in [0.717, 1.165) is 19.5 Å². The molecule has 20 heavy (non-hydrogen) atoms. The molecule has 1 aliphatic heterocycles. The second-order valence-electron chi connectivity index (χ2n) is 5.11. The molecule has 0 saturated carbocycles. The van der Waals surface area contributed by atoms with E-state index in [1.54, 1.807) is 6.07 Å². The third-order valence-electron chi connectivity index (χ3n) is 3.78. The van der Waals surface area contributed by atoms with Crippen LogP contribution in [0.1, 0.15) is 24.8 Å². The van der Waals surface area contributed by atoms with E-state index in [0.29, 0.717) is 11.7 Å². The lowest BCUT2D eigenvalue weighted by molar-refractivity contribution is -0.385. The van der Waals surface area contributed by atoms with Crippen molar-refractivity contribution in [2.24, 2.45) is 0 Å². The molecule has 2 rings (SSSR count). The lowest BCUT2D eigenvalue weighted by Gasteiger charge is -2.32. The molecular formula is C14H18N4O2. The molecule has 0 amide bonds. The summed E-state index contributed by atoms with van der Waals surface area (Å²) in [5.74, 6) is 0. The predicted octanol–water partition coefficient (Wildman–Crippen LogP) is 2.36. The molecule has 1 aliphatic rings. The Morgan fingerprint density at radius 3 is 3.00 bits per heavy atom. The summed E-state index contributed by atoms with van der Waals surface area (Å²) in [5.41, 5.74) is 0.638. The zero-order chi connectivity index (χ0) is 14.5. The van der Waals surface area contributed by atoms with Crippen molar-refractivity contribution in [3.05, 3.63) is 33.9 Å². The topological polar surface area (TPSA) is 82.2 Å². The molecule has 0 aromatic heterocycles. The molecule has 1 aromatic rings. The molecule has 1 fully saturated rings. The van der Waals surface area contributed by atoms with E-state index in [2.05, 4.69) is 17.3 Å². The molecule has 106 valence electrons. The Bertz CT molecular complexity index is 538. The Balaban J connectivity index is 2.05. The minimum absolute atomic E-state index is 0.0929. The summed E-state index contributed by atoms with van der Waals surface area (Å²) in [7, 11) is 2.10. The van der Waals surface area contributed by atoms with Gasteiger partial charge in [-0.15, -0.1) is 0 Å². The lowest BCUT2D eigenvalue weighted by atomic mass is 10.0. The number of anilines is 1. The van der Waals surface area contributed by atoms with Gasteiger partial charge in [0.05, 0.1) is 4.92 Å². The number of hydrogen-bond acceptors (Lipinski definition) is 5. The summed E-state index contributed by atoms with van der Waals surface area (Å²) >= 11 is 0. The number of likely N-dealkylation sites (N-methyl/N-ethyl adjacent to an activating group) is 1. The summed E-state index contributed by atoms with van der Waals surface area (Å²) in [6.07, 6.45) is 3.60. The van der Waals surface area contributed by atoms with Crippen molar-refractivity contribution in [1.82, 2.24) is 4.90 Å². The third-order valence-corrected chi connectivity index (χ3v) is 3.78. The molecule has 0 aliphatic carbocycles. The van der Waals surface area contributed by atoms with Crippen molar-refractivity contribution in [2.75, 3.05) is 25.5 Å². The first-order valence-electron chi connectivity index (χ1n) is 6.74. The van der Waals surface area contributed by atoms with Crippen molar-refractivity contribution in [2.45, 2.75) is 25.3 Å². The largest absolute Gasteiger partial charge is 0.383 e. The van der Waals surface area contributed by atoms with Gasteiger partial charge >= 0.3 is 0 Å². The first-order chi connectivity index (χ1) is 9.61. The summed E-state index contributed by atoms with van der Waals surface area (Å²) in [5, 5.41) is 23.0. The first kappa shape index (κ1) is 14.3. The second kappa shape index (κ2) is 6.35. The molecule has 1 atom stereocenters. The first-order valence-corrected chi connectivity index (χ1v) is 6.74. The Morgan fingerprint density at radius 2 is 2.35 bits per heavy atom. The minimum atomic E-state index is -0.517. The highest BCUT2D eigenvalue weighted by Gasteiger charge is 2.19. The van der Waals surface area contributed by atoms with Crippen LogP contribution in [-0.2, 0) is 0 Å². The van der Waals surface area contributed by atoms with Crippen LogP contribution in [0.2, 0.25) is 0 Å². The molecule has 0 radical (unpaired) electrons. The molecule has 1 aromatic carbocycles. The SMILES string of the molecule is CN1CCCCC1CNc1ccc(C#N)c([N+](=O)[O-])c1. The second-order valence-corrected chi connectivity index (χ2v) is 5.11. The standard InChI is InChI=1S/C14H18N4O2/c1-17-7-3-2-4-13(17)10-16-12-6-5-11(9-15)14(8-12)18(19)20/h5-6,8,13,16H,2-4,7,10H2,1H3. The Kier molecular flexibility index (Phi) is 4.53. The van der Waals surface area contributed by atoms with Gasteiger partial charge in [0.15, 0.2) is 0 Å². The smallest absolute Gasteiger partial charge is 0.289 e. The van der Waals surface area contributed by atoms with Crippen LogP contribution in [0, 0.1) is 21.4 Å². The number of nitrogens with zero attached hydrogens (tertiary/aromatic N) is 3. The Morgan fingerprint density at radius 1 is 1.55 bits per heavy atom. The normalized spacial score (nSPS) is 19.3. The average Bonchev–Trinajstić information content (AvgIpc) is 2.46. The van der Waals surface area contributed by atoms with Gasteiger partial charge < -0.3 is 10.2 Å². The van der Waals surface area contributed by atoms with Crippen molar-refractivity contribution in [3.63, 3.8) is 0 Å². The van der Waals surface area contributed by atoms with Crippen molar-refractivity contribution >= 4 is 11.4 Å². The summed E-state index contributed by atoms with van der Waals surface area (Å²) in [4.78, 5) is 12.7. The van der Waals surface area contributed by atoms with Gasteiger partial charge in [0, 0.05) is 24.3 Å². The maximum Gasteiger partial charge on any atom is 0.289 e. The molecule has 1 N–H and O–H groups in total. The fraction of sp³-hybridized carbons (Fsp3) is 0.500. The van der Waals surface area contributed by atoms with Gasteiger partial charge in [-0.05, 0) is 38.6 Å². The van der Waals surface area contributed by atoms with Crippen molar-refractivity contribution in [1.29, 1.82) is 5.26 Å². The van der Waals surface area contributed by atoms with Gasteiger partial charge in [-0.3, -0.25) is 10.1 Å². The minimum Gasteiger partial charge on any atom is -0.383 e. The summed E-state index contributed by atoms with van der Waals surface area (Å²) in [6, 6.07) is 6.94. The van der Waals surface area contributed by atoms with Gasteiger partial charge in [-0.1, -0.05) is 6.42 Å². The number of hydrogen-bond donors (Lipinski definition) is 1. The molecule has 0 spiro atoms. The number of nitro benzene ring substituents is 1. The highest BCUT2D eigenvalue weighted by atomic mass is 16.6. The maximum atomic E-state index is 10.9. The summed E-state index contributed by atoms with van der Waals surface area (Å²) < 4.78 is 0. The number of benzene rings is 1. The van der Waals surface area contributed by atoms with Crippen LogP contribution in [0.4, 0.5) is 11.4 Å². The number of nitrogens with one attached hydrogen (secondary N) is 1. The van der Waals surface area contributed by atoms with E-state index in [-0.39, 0.29) is 11.3 Å². The third kappa shape index (κ3) is 3.25. The highest BCUT2D eigenvalue weighted by molar-refractivity contribution is 5.59. The number of nitro groups is 1. The lowest BCUT2D eigenvalue weighted by Crippen LogP contribution is -2.40. The number of rotatable bonds is 4. The van der Waals surface area contributed by atoms with Gasteiger partial charge in [0.25, 0.3) is 5.69 Å². The zero-order valence-corrected chi connectivity index (χ0v) is 11.5. The van der Waals surface area contributed by atoms with Crippen LogP contribution in [0.3, 0.4) is 0 Å². The molecule has 1 heterocycles. The average molecular weight is 274 g/mol. The van der Waals surface area contributed by atoms with Crippen LogP contribution < -0.4 is 5.32 Å². The molecule has 1 saturated heterocycles. The number of piperidine rings is 1. The van der Waals surface area contributed by atoms with E-state index in [1.165, 1.54) is 25.0 Å². The fourth-order valence-corrected chi connectivity index (χ4v) is 2.52. The van der Waals surface area contributed by atoms with E-state index in [1.807, 2.05) is 6.07 Å². The molecule has 1 unspecified atom stereocenters. The molecule has 6 nitrogen and oxygen atoms in total. The maximum absolute atomic E-state index is 10.9. The van der Waals surface area contributed by atoms with E-state index in [9.17, 15) is 10.1 Å². The van der Waals surface area contributed by atoms with Crippen molar-refractivity contribution in [3.8, 4) is 6.07 Å². The number of likely N-dealkylation sites (tertiary alicyclic amines) is 1. The molecular weight excluding hydrogens is 256 g/mol. The van der Waals surface area contributed by atoms with Gasteiger partial charge in [-0.25, -0.2) is 0 Å². The van der Waals surface area contributed by atoms with Gasteiger partial charge in [-0.2, -0.15) is 5.26 Å². The van der Waals surface area contributed by atoms with Gasteiger partial charge in [0.2, 0.25) is 0 Å². The monoisotopic (exact) mass is 274 g/mol.